The lowest BCUT2D eigenvalue weighted by atomic mass is 9.59. The number of rotatable bonds is 7. The van der Waals surface area contributed by atoms with Crippen LogP contribution >= 0.6 is 0 Å². The van der Waals surface area contributed by atoms with Crippen molar-refractivity contribution >= 4 is 16.7 Å². The van der Waals surface area contributed by atoms with Gasteiger partial charge >= 0.3 is 0 Å². The summed E-state index contributed by atoms with van der Waals surface area (Å²) in [5, 5.41) is 5.74. The van der Waals surface area contributed by atoms with Crippen molar-refractivity contribution in [2.45, 2.75) is 63.8 Å². The zero-order valence-electron chi connectivity index (χ0n) is 21.2. The summed E-state index contributed by atoms with van der Waals surface area (Å²) in [5.74, 6) is 1.64. The fourth-order valence-electron chi connectivity index (χ4n) is 6.70. The molecule has 1 heterocycles. The third-order valence-electron chi connectivity index (χ3n) is 9.32. The second kappa shape index (κ2) is 9.09. The van der Waals surface area contributed by atoms with Gasteiger partial charge in [0, 0.05) is 24.7 Å². The topological polar surface area (TPSA) is 32.3 Å². The third-order valence-corrected chi connectivity index (χ3v) is 9.32. The minimum absolute atomic E-state index is 0.0656. The highest BCUT2D eigenvalue weighted by Gasteiger charge is 2.49. The van der Waals surface area contributed by atoms with E-state index in [1.165, 1.54) is 59.8 Å². The van der Waals surface area contributed by atoms with Gasteiger partial charge in [0.25, 0.3) is 5.91 Å². The molecule has 0 spiro atoms. The quantitative estimate of drug-likeness (QED) is 0.425. The van der Waals surface area contributed by atoms with Crippen molar-refractivity contribution in [1.82, 2.24) is 10.2 Å². The van der Waals surface area contributed by atoms with Crippen molar-refractivity contribution in [2.24, 2.45) is 11.8 Å². The number of piperidine rings is 1. The van der Waals surface area contributed by atoms with Crippen LogP contribution in [0.25, 0.3) is 10.8 Å². The summed E-state index contributed by atoms with van der Waals surface area (Å²) in [7, 11) is 0. The number of amides is 1. The van der Waals surface area contributed by atoms with E-state index in [9.17, 15) is 4.79 Å². The van der Waals surface area contributed by atoms with Gasteiger partial charge in [0.2, 0.25) is 0 Å². The van der Waals surface area contributed by atoms with Gasteiger partial charge in [0.1, 0.15) is 0 Å². The summed E-state index contributed by atoms with van der Waals surface area (Å²) in [5.41, 5.74) is 5.21. The minimum atomic E-state index is 0.0656. The SMILES string of the molecule is CC1[C@H]2Cc3ccc(C(=O)NCCCc4ccc5ccccc5c4)cc3[C@]1(C)CCN2CC1CC1. The molecule has 3 atom stereocenters. The van der Waals surface area contributed by atoms with E-state index in [4.69, 9.17) is 0 Å². The fourth-order valence-corrected chi connectivity index (χ4v) is 6.70. The molecule has 1 saturated carbocycles. The third kappa shape index (κ3) is 4.40. The van der Waals surface area contributed by atoms with E-state index >= 15 is 0 Å². The van der Waals surface area contributed by atoms with Gasteiger partial charge in [-0.3, -0.25) is 9.69 Å². The van der Waals surface area contributed by atoms with Crippen LogP contribution in [0.4, 0.5) is 0 Å². The predicted molar refractivity (Wildman–Crippen MR) is 144 cm³/mol. The number of fused-ring (bicyclic) bond motifs is 5. The van der Waals surface area contributed by atoms with E-state index in [1.807, 2.05) is 0 Å². The van der Waals surface area contributed by atoms with Gasteiger partial charge < -0.3 is 5.32 Å². The Labute approximate surface area is 209 Å². The molecule has 3 heteroatoms. The van der Waals surface area contributed by atoms with Crippen molar-refractivity contribution in [3.63, 3.8) is 0 Å². The number of hydrogen-bond acceptors (Lipinski definition) is 2. The maximum atomic E-state index is 13.0. The molecule has 2 aliphatic carbocycles. The number of hydrogen-bond donors (Lipinski definition) is 1. The molecular weight excluding hydrogens is 428 g/mol. The molecule has 1 unspecified atom stereocenters. The van der Waals surface area contributed by atoms with Crippen LogP contribution in [0.5, 0.6) is 0 Å². The summed E-state index contributed by atoms with van der Waals surface area (Å²) >= 11 is 0. The van der Waals surface area contributed by atoms with Crippen LogP contribution < -0.4 is 5.32 Å². The summed E-state index contributed by atoms with van der Waals surface area (Å²) in [6.45, 7) is 8.09. The Bertz CT molecular complexity index is 1250. The van der Waals surface area contributed by atoms with Crippen LogP contribution in [0.15, 0.2) is 60.7 Å². The molecule has 182 valence electrons. The largest absolute Gasteiger partial charge is 0.352 e. The number of carbonyl (C=O) groups excluding carboxylic acids is 1. The van der Waals surface area contributed by atoms with Crippen LogP contribution in [0.2, 0.25) is 0 Å². The van der Waals surface area contributed by atoms with E-state index in [0.717, 1.165) is 30.7 Å². The Hall–Kier alpha value is -2.65. The van der Waals surface area contributed by atoms with Crippen LogP contribution in [-0.2, 0) is 18.3 Å². The first kappa shape index (κ1) is 22.8. The minimum Gasteiger partial charge on any atom is -0.352 e. The lowest BCUT2D eigenvalue weighted by molar-refractivity contribution is 0.0284. The first-order valence-corrected chi connectivity index (χ1v) is 13.6. The molecule has 0 aromatic heterocycles. The van der Waals surface area contributed by atoms with Gasteiger partial charge in [-0.25, -0.2) is 0 Å². The molecule has 3 aliphatic rings. The van der Waals surface area contributed by atoms with E-state index in [2.05, 4.69) is 84.7 Å². The number of likely N-dealkylation sites (tertiary alicyclic amines) is 1. The van der Waals surface area contributed by atoms with E-state index < -0.39 is 0 Å². The van der Waals surface area contributed by atoms with Crippen molar-refractivity contribution in [3.05, 3.63) is 82.9 Å². The Morgan fingerprint density at radius 3 is 2.71 bits per heavy atom. The Balaban J connectivity index is 1.09. The molecule has 1 aliphatic heterocycles. The highest BCUT2D eigenvalue weighted by Crippen LogP contribution is 2.49. The van der Waals surface area contributed by atoms with Crippen LogP contribution in [-0.4, -0.2) is 36.5 Å². The molecule has 1 N–H and O–H groups in total. The van der Waals surface area contributed by atoms with Crippen molar-refractivity contribution < 1.29 is 4.79 Å². The maximum Gasteiger partial charge on any atom is 0.251 e. The van der Waals surface area contributed by atoms with Crippen LogP contribution in [0.3, 0.4) is 0 Å². The summed E-state index contributed by atoms with van der Waals surface area (Å²) < 4.78 is 0. The average molecular weight is 467 g/mol. The van der Waals surface area contributed by atoms with Gasteiger partial charge in [-0.2, -0.15) is 0 Å². The molecule has 6 rings (SSSR count). The van der Waals surface area contributed by atoms with Crippen molar-refractivity contribution in [2.75, 3.05) is 19.6 Å². The van der Waals surface area contributed by atoms with Crippen LogP contribution in [0, 0.1) is 11.8 Å². The molecule has 1 amide bonds. The normalized spacial score (nSPS) is 25.9. The standard InChI is InChI=1S/C32H38N2O/c1-22-30-20-27-13-14-28(19-29(27)32(22,2)15-17-34(30)21-24-9-10-24)31(35)33-16-5-6-23-11-12-25-7-3-4-8-26(25)18-23/h3-4,7-8,11-14,18-19,22,24,30H,5-6,9-10,15-17,20-21H2,1-2H3,(H,33,35)/t22?,30-,32-/m1/s1. The second-order valence-corrected chi connectivity index (χ2v) is 11.6. The smallest absolute Gasteiger partial charge is 0.251 e. The molecule has 0 radical (unpaired) electrons. The lowest BCUT2D eigenvalue weighted by Crippen LogP contribution is -2.58. The zero-order valence-corrected chi connectivity index (χ0v) is 21.2. The summed E-state index contributed by atoms with van der Waals surface area (Å²) in [4.78, 5) is 15.8. The molecule has 3 nitrogen and oxygen atoms in total. The number of aryl methyl sites for hydroxylation is 1. The molecule has 3 aromatic rings. The predicted octanol–water partition coefficient (Wildman–Crippen LogP) is 6.14. The number of nitrogens with one attached hydrogen (secondary N) is 1. The van der Waals surface area contributed by atoms with E-state index in [0.29, 0.717) is 18.5 Å². The second-order valence-electron chi connectivity index (χ2n) is 11.6. The Morgan fingerprint density at radius 2 is 1.89 bits per heavy atom. The fraction of sp³-hybridized carbons (Fsp3) is 0.469. The number of benzene rings is 3. The first-order valence-electron chi connectivity index (χ1n) is 13.6. The van der Waals surface area contributed by atoms with E-state index in [-0.39, 0.29) is 11.3 Å². The van der Waals surface area contributed by atoms with E-state index in [1.54, 1.807) is 0 Å². The van der Waals surface area contributed by atoms with Gasteiger partial charge in [-0.05, 0) is 102 Å². The van der Waals surface area contributed by atoms with Crippen molar-refractivity contribution in [1.29, 1.82) is 0 Å². The summed E-state index contributed by atoms with van der Waals surface area (Å²) in [6, 6.07) is 22.3. The molecule has 1 saturated heterocycles. The van der Waals surface area contributed by atoms with Crippen LogP contribution in [0.1, 0.15) is 66.6 Å². The summed E-state index contributed by atoms with van der Waals surface area (Å²) in [6.07, 6.45) is 7.10. The monoisotopic (exact) mass is 466 g/mol. The molecular formula is C32H38N2O. The maximum absolute atomic E-state index is 13.0. The average Bonchev–Trinajstić information content (AvgIpc) is 3.69. The molecule has 2 fully saturated rings. The van der Waals surface area contributed by atoms with Crippen molar-refractivity contribution in [3.8, 4) is 0 Å². The van der Waals surface area contributed by atoms with Gasteiger partial charge in [0.05, 0.1) is 0 Å². The zero-order chi connectivity index (χ0) is 24.0. The highest BCUT2D eigenvalue weighted by molar-refractivity contribution is 5.94. The lowest BCUT2D eigenvalue weighted by Gasteiger charge is -2.55. The van der Waals surface area contributed by atoms with Gasteiger partial charge in [-0.1, -0.05) is 62.4 Å². The van der Waals surface area contributed by atoms with Gasteiger partial charge in [0.15, 0.2) is 0 Å². The number of nitrogens with zero attached hydrogens (tertiary/aromatic N) is 1. The first-order chi connectivity index (χ1) is 17.0. The molecule has 3 aromatic carbocycles. The molecule has 35 heavy (non-hydrogen) atoms. The Morgan fingerprint density at radius 1 is 1.06 bits per heavy atom. The van der Waals surface area contributed by atoms with Gasteiger partial charge in [-0.15, -0.1) is 0 Å². The molecule has 2 bridgehead atoms. The number of carbonyl (C=O) groups is 1. The highest BCUT2D eigenvalue weighted by atomic mass is 16.1. The Kier molecular flexibility index (Phi) is 5.92.